The number of hydrogen-bond acceptors (Lipinski definition) is 6. The van der Waals surface area contributed by atoms with Crippen LogP contribution < -0.4 is 39.2 Å². The van der Waals surface area contributed by atoms with Crippen molar-refractivity contribution in [1.82, 2.24) is 4.98 Å². The molecular formula is C20H20N3NaO3S. The molecule has 2 aliphatic rings. The normalized spacial score (nSPS) is 21.4. The minimum atomic E-state index is -0.394. The van der Waals surface area contributed by atoms with Crippen LogP contribution in [0.15, 0.2) is 48.7 Å². The summed E-state index contributed by atoms with van der Waals surface area (Å²) in [5.41, 5.74) is 0.995. The van der Waals surface area contributed by atoms with Crippen molar-refractivity contribution >= 4 is 28.7 Å². The van der Waals surface area contributed by atoms with Crippen LogP contribution in [0.3, 0.4) is 0 Å². The zero-order valence-electron chi connectivity index (χ0n) is 15.8. The summed E-state index contributed by atoms with van der Waals surface area (Å²) in [7, 11) is 0. The van der Waals surface area contributed by atoms with E-state index in [-0.39, 0.29) is 40.7 Å². The molecule has 3 heterocycles. The second-order valence-electron chi connectivity index (χ2n) is 6.66. The number of amides is 2. The maximum Gasteiger partial charge on any atom is 1.00 e. The van der Waals surface area contributed by atoms with Crippen LogP contribution in [0, 0.1) is 0 Å². The van der Waals surface area contributed by atoms with E-state index in [2.05, 4.69) is 15.2 Å². The number of ether oxygens (including phenoxy) is 1. The molecule has 1 aromatic heterocycles. The van der Waals surface area contributed by atoms with E-state index in [9.17, 15) is 9.59 Å². The number of aromatic nitrogens is 1. The molecule has 0 radical (unpaired) electrons. The number of carbonyl (C=O) groups is 2. The summed E-state index contributed by atoms with van der Waals surface area (Å²) in [5, 5.41) is 2.66. The van der Waals surface area contributed by atoms with Gasteiger partial charge >= 0.3 is 29.6 Å². The predicted molar refractivity (Wildman–Crippen MR) is 105 cm³/mol. The maximum absolute atomic E-state index is 11.6. The largest absolute Gasteiger partial charge is 1.00 e. The standard InChI is InChI=1S/C20H21N3O3S.Na/c24-19-17(27-20(25)22-19)12-14-6-8-16(9-7-14)26-13-15-4-3-11-23(15)18-5-1-2-10-21-18;/h1-2,5-10,15,17H,3-4,11-13H2,(H,22,24,25);/q;+1/p-1/t15-,17?;/m0./s1. The molecule has 1 unspecified atom stereocenters. The van der Waals surface area contributed by atoms with E-state index in [0.717, 1.165) is 48.3 Å². The van der Waals surface area contributed by atoms with Crippen molar-refractivity contribution in [3.05, 3.63) is 59.5 Å². The van der Waals surface area contributed by atoms with E-state index in [4.69, 9.17) is 4.74 Å². The number of rotatable bonds is 6. The number of carbonyl (C=O) groups excluding carboxylic acids is 2. The van der Waals surface area contributed by atoms with Crippen LogP contribution in [-0.2, 0) is 11.2 Å². The van der Waals surface area contributed by atoms with Crippen molar-refractivity contribution < 1.29 is 43.9 Å². The minimum Gasteiger partial charge on any atom is -0.585 e. The molecule has 6 nitrogen and oxygen atoms in total. The number of benzene rings is 1. The zero-order chi connectivity index (χ0) is 18.6. The van der Waals surface area contributed by atoms with Gasteiger partial charge in [-0.2, -0.15) is 0 Å². The summed E-state index contributed by atoms with van der Waals surface area (Å²) >= 11 is 1.00. The molecule has 2 fully saturated rings. The third kappa shape index (κ3) is 5.08. The Morgan fingerprint density at radius 1 is 1.18 bits per heavy atom. The van der Waals surface area contributed by atoms with Gasteiger partial charge < -0.3 is 24.5 Å². The monoisotopic (exact) mass is 405 g/mol. The van der Waals surface area contributed by atoms with Crippen molar-refractivity contribution in [2.24, 2.45) is 0 Å². The van der Waals surface area contributed by atoms with Crippen molar-refractivity contribution in [3.8, 4) is 5.75 Å². The van der Waals surface area contributed by atoms with Gasteiger partial charge in [0.05, 0.1) is 17.2 Å². The van der Waals surface area contributed by atoms with E-state index in [1.165, 1.54) is 0 Å². The topological polar surface area (TPSA) is 73.6 Å². The van der Waals surface area contributed by atoms with E-state index in [1.807, 2.05) is 48.7 Å². The number of nitrogens with zero attached hydrogens (tertiary/aromatic N) is 3. The van der Waals surface area contributed by atoms with Crippen molar-refractivity contribution in [1.29, 1.82) is 0 Å². The van der Waals surface area contributed by atoms with E-state index < -0.39 is 5.25 Å². The van der Waals surface area contributed by atoms with Gasteiger partial charge in [-0.15, -0.1) is 0 Å². The van der Waals surface area contributed by atoms with Gasteiger partial charge in [0.25, 0.3) is 0 Å². The van der Waals surface area contributed by atoms with E-state index in [0.29, 0.717) is 19.1 Å². The molecule has 4 rings (SSSR count). The molecule has 2 aromatic rings. The fourth-order valence-electron chi connectivity index (χ4n) is 3.45. The molecule has 28 heavy (non-hydrogen) atoms. The number of thioether (sulfide) groups is 1. The SMILES string of the molecule is O=C1[N-]C(=O)C(Cc2ccc(OC[C@@H]3CCCN3c3ccccn3)cc2)S1.[Na+]. The Labute approximate surface area is 190 Å². The van der Waals surface area contributed by atoms with Gasteiger partial charge in [-0.05, 0) is 49.1 Å². The first-order chi connectivity index (χ1) is 13.2. The van der Waals surface area contributed by atoms with Crippen LogP contribution in [0.4, 0.5) is 10.6 Å². The summed E-state index contributed by atoms with van der Waals surface area (Å²) < 4.78 is 5.99. The first-order valence-corrected chi connectivity index (χ1v) is 9.92. The van der Waals surface area contributed by atoms with Crippen LogP contribution in [-0.4, -0.2) is 40.6 Å². The average Bonchev–Trinajstić information content (AvgIpc) is 3.28. The van der Waals surface area contributed by atoms with Gasteiger partial charge in [0.2, 0.25) is 0 Å². The second-order valence-corrected chi connectivity index (χ2v) is 7.81. The van der Waals surface area contributed by atoms with E-state index in [1.54, 1.807) is 0 Å². The van der Waals surface area contributed by atoms with Gasteiger partial charge in [0.1, 0.15) is 23.4 Å². The van der Waals surface area contributed by atoms with Crippen molar-refractivity contribution in [3.63, 3.8) is 0 Å². The molecule has 1 aromatic carbocycles. The Morgan fingerprint density at radius 2 is 2.00 bits per heavy atom. The third-order valence-corrected chi connectivity index (χ3v) is 5.77. The van der Waals surface area contributed by atoms with Gasteiger partial charge in [-0.25, -0.2) is 4.98 Å². The summed E-state index contributed by atoms with van der Waals surface area (Å²) in [6.07, 6.45) is 4.56. The number of pyridine rings is 1. The molecule has 0 saturated carbocycles. The Balaban J connectivity index is 0.00000225. The average molecular weight is 405 g/mol. The van der Waals surface area contributed by atoms with E-state index >= 15 is 0 Å². The van der Waals surface area contributed by atoms with Crippen LogP contribution in [0.1, 0.15) is 18.4 Å². The Kier molecular flexibility index (Phi) is 7.40. The molecule has 2 saturated heterocycles. The van der Waals surface area contributed by atoms with Crippen molar-refractivity contribution in [2.45, 2.75) is 30.6 Å². The molecule has 2 atom stereocenters. The molecule has 0 spiro atoms. The smallest absolute Gasteiger partial charge is 0.585 e. The molecule has 0 N–H and O–H groups in total. The molecule has 8 heteroatoms. The number of anilines is 1. The first-order valence-electron chi connectivity index (χ1n) is 9.04. The van der Waals surface area contributed by atoms with Crippen LogP contribution >= 0.6 is 11.8 Å². The van der Waals surface area contributed by atoms with Gasteiger partial charge in [-0.1, -0.05) is 30.0 Å². The Morgan fingerprint density at radius 3 is 2.68 bits per heavy atom. The predicted octanol–water partition coefficient (Wildman–Crippen LogP) is 0.812. The first kappa shape index (κ1) is 21.2. The van der Waals surface area contributed by atoms with Crippen molar-refractivity contribution in [2.75, 3.05) is 18.1 Å². The summed E-state index contributed by atoms with van der Waals surface area (Å²) in [4.78, 5) is 29.6. The fraction of sp³-hybridized carbons (Fsp3) is 0.350. The molecule has 140 valence electrons. The Hall–Kier alpha value is -1.54. The quantitative estimate of drug-likeness (QED) is 0.663. The summed E-state index contributed by atoms with van der Waals surface area (Å²) in [5.74, 6) is 1.47. The van der Waals surface area contributed by atoms with Gasteiger partial charge in [-0.3, -0.25) is 0 Å². The third-order valence-electron chi connectivity index (χ3n) is 4.83. The molecule has 0 bridgehead atoms. The number of hydrogen-bond donors (Lipinski definition) is 0. The minimum absolute atomic E-state index is 0. The Bertz CT molecular complexity index is 819. The molecule has 2 aliphatic heterocycles. The molecule has 0 aliphatic carbocycles. The zero-order valence-corrected chi connectivity index (χ0v) is 18.6. The van der Waals surface area contributed by atoms with Crippen LogP contribution in [0.25, 0.3) is 5.32 Å². The maximum atomic E-state index is 11.6. The summed E-state index contributed by atoms with van der Waals surface area (Å²) in [6, 6.07) is 14.0. The van der Waals surface area contributed by atoms with Crippen LogP contribution in [0.5, 0.6) is 5.75 Å². The molecule has 2 amide bonds. The number of imide groups is 1. The molecular weight excluding hydrogens is 385 g/mol. The van der Waals surface area contributed by atoms with Gasteiger partial charge in [0.15, 0.2) is 0 Å². The van der Waals surface area contributed by atoms with Gasteiger partial charge in [0, 0.05) is 12.7 Å². The fourth-order valence-corrected chi connectivity index (χ4v) is 4.27. The van der Waals surface area contributed by atoms with Crippen LogP contribution in [0.2, 0.25) is 0 Å². The second kappa shape index (κ2) is 9.78. The summed E-state index contributed by atoms with van der Waals surface area (Å²) in [6.45, 7) is 1.61.